The quantitative estimate of drug-likeness (QED) is 0.722. The molecule has 1 aliphatic rings. The molecule has 1 atom stereocenters. The molecule has 0 N–H and O–H groups in total. The molecule has 2 aromatic carbocycles. The molecule has 0 saturated carbocycles. The van der Waals surface area contributed by atoms with Crippen LogP contribution in [0, 0.1) is 5.82 Å². The average Bonchev–Trinajstić information content (AvgIpc) is 2.87. The van der Waals surface area contributed by atoms with Gasteiger partial charge in [-0.1, -0.05) is 33.6 Å². The largest absolute Gasteiger partial charge is 0.489 e. The van der Waals surface area contributed by atoms with Gasteiger partial charge in [-0.05, 0) is 30.3 Å². The second kappa shape index (κ2) is 6.24. The Balaban J connectivity index is 1.66. The summed E-state index contributed by atoms with van der Waals surface area (Å²) in [7, 11) is 0. The Kier molecular flexibility index (Phi) is 4.36. The van der Waals surface area contributed by atoms with Crippen LogP contribution in [0.15, 0.2) is 36.4 Å². The third-order valence-electron chi connectivity index (χ3n) is 3.40. The third-order valence-corrected chi connectivity index (χ3v) is 4.31. The number of hydrogen-bond acceptors (Lipinski definition) is 2. The Morgan fingerprint density at radius 1 is 1.33 bits per heavy atom. The highest BCUT2D eigenvalue weighted by atomic mass is 79.9. The topological polar surface area (TPSA) is 18.5 Å². The minimum Gasteiger partial charge on any atom is -0.489 e. The van der Waals surface area contributed by atoms with E-state index in [0.29, 0.717) is 23.4 Å². The van der Waals surface area contributed by atoms with E-state index in [9.17, 15) is 4.39 Å². The first-order valence-electron chi connectivity index (χ1n) is 6.58. The summed E-state index contributed by atoms with van der Waals surface area (Å²) < 4.78 is 24.7. The lowest BCUT2D eigenvalue weighted by atomic mass is 10.1. The highest BCUT2D eigenvalue weighted by molar-refractivity contribution is 9.08. The van der Waals surface area contributed by atoms with E-state index in [2.05, 4.69) is 15.9 Å². The number of rotatable bonds is 4. The second-order valence-corrected chi connectivity index (χ2v) is 5.83. The predicted molar refractivity (Wildman–Crippen MR) is 84.1 cm³/mol. The smallest absolute Gasteiger partial charge is 0.137 e. The maximum Gasteiger partial charge on any atom is 0.137 e. The van der Waals surface area contributed by atoms with E-state index in [1.165, 1.54) is 12.1 Å². The lowest BCUT2D eigenvalue weighted by Gasteiger charge is -2.15. The Labute approximate surface area is 136 Å². The normalized spacial score (nSPS) is 16.4. The fraction of sp³-hybridized carbons (Fsp3) is 0.250. The molecule has 1 heterocycles. The van der Waals surface area contributed by atoms with E-state index in [4.69, 9.17) is 21.1 Å². The number of alkyl halides is 1. The molecule has 2 nitrogen and oxygen atoms in total. The van der Waals surface area contributed by atoms with E-state index in [1.54, 1.807) is 6.07 Å². The summed E-state index contributed by atoms with van der Waals surface area (Å²) in [6, 6.07) is 10.1. The summed E-state index contributed by atoms with van der Waals surface area (Å²) in [5.41, 5.74) is 1.80. The summed E-state index contributed by atoms with van der Waals surface area (Å²) in [4.78, 5) is 0. The molecule has 21 heavy (non-hydrogen) atoms. The molecule has 1 unspecified atom stereocenters. The lowest BCUT2D eigenvalue weighted by Crippen LogP contribution is -2.22. The molecule has 5 heteroatoms. The van der Waals surface area contributed by atoms with E-state index in [1.807, 2.05) is 18.2 Å². The predicted octanol–water partition coefficient (Wildman–Crippen LogP) is 4.76. The van der Waals surface area contributed by atoms with Gasteiger partial charge in [0.25, 0.3) is 0 Å². The van der Waals surface area contributed by atoms with Crippen LogP contribution in [0.5, 0.6) is 11.5 Å². The molecule has 0 amide bonds. The molecule has 0 saturated heterocycles. The van der Waals surface area contributed by atoms with Crippen LogP contribution in [0.3, 0.4) is 0 Å². The fourth-order valence-corrected chi connectivity index (χ4v) is 3.34. The van der Waals surface area contributed by atoms with Crippen LogP contribution in [0.25, 0.3) is 0 Å². The van der Waals surface area contributed by atoms with E-state index < -0.39 is 0 Å². The summed E-state index contributed by atoms with van der Waals surface area (Å²) in [5.74, 6) is 1.23. The van der Waals surface area contributed by atoms with Gasteiger partial charge >= 0.3 is 0 Å². The first-order valence-corrected chi connectivity index (χ1v) is 8.08. The van der Waals surface area contributed by atoms with Crippen LogP contribution in [0.4, 0.5) is 4.39 Å². The van der Waals surface area contributed by atoms with Crippen LogP contribution >= 0.6 is 27.5 Å². The van der Waals surface area contributed by atoms with Crippen molar-refractivity contribution in [1.82, 2.24) is 0 Å². The van der Waals surface area contributed by atoms with Crippen molar-refractivity contribution in [3.63, 3.8) is 0 Å². The Bertz CT molecular complexity index is 663. The molecular formula is C16H13BrClFO2. The summed E-state index contributed by atoms with van der Waals surface area (Å²) in [6.07, 6.45) is 0.543. The van der Waals surface area contributed by atoms with Gasteiger partial charge in [0.2, 0.25) is 0 Å². The third kappa shape index (κ3) is 3.16. The number of hydrogen-bond donors (Lipinski definition) is 0. The van der Waals surface area contributed by atoms with Gasteiger partial charge < -0.3 is 9.47 Å². The zero-order valence-corrected chi connectivity index (χ0v) is 13.5. The first kappa shape index (κ1) is 14.7. The Hall–Kier alpha value is -1.26. The van der Waals surface area contributed by atoms with Gasteiger partial charge in [-0.3, -0.25) is 0 Å². The highest BCUT2D eigenvalue weighted by Crippen LogP contribution is 2.31. The molecule has 2 aromatic rings. The molecular weight excluding hydrogens is 359 g/mol. The average molecular weight is 372 g/mol. The zero-order valence-electron chi connectivity index (χ0n) is 11.1. The first-order chi connectivity index (χ1) is 10.2. The summed E-state index contributed by atoms with van der Waals surface area (Å²) >= 11 is 9.54. The van der Waals surface area contributed by atoms with Crippen molar-refractivity contribution < 1.29 is 13.9 Å². The second-order valence-electron chi connectivity index (χ2n) is 4.86. The van der Waals surface area contributed by atoms with Crippen LogP contribution in [-0.2, 0) is 11.8 Å². The van der Waals surface area contributed by atoms with Crippen molar-refractivity contribution in [2.24, 2.45) is 0 Å². The van der Waals surface area contributed by atoms with Gasteiger partial charge in [0.1, 0.15) is 30.0 Å². The lowest BCUT2D eigenvalue weighted by molar-refractivity contribution is 0.148. The fourth-order valence-electron chi connectivity index (χ4n) is 2.37. The van der Waals surface area contributed by atoms with E-state index in [-0.39, 0.29) is 11.9 Å². The molecule has 0 spiro atoms. The van der Waals surface area contributed by atoms with E-state index in [0.717, 1.165) is 22.6 Å². The van der Waals surface area contributed by atoms with Gasteiger partial charge in [-0.25, -0.2) is 4.39 Å². The van der Waals surface area contributed by atoms with Crippen molar-refractivity contribution in [2.45, 2.75) is 17.9 Å². The van der Waals surface area contributed by atoms with Crippen molar-refractivity contribution in [3.05, 3.63) is 58.4 Å². The maximum atomic E-state index is 13.2. The zero-order chi connectivity index (χ0) is 14.8. The number of ether oxygens (including phenoxy) is 2. The molecule has 0 aromatic heterocycles. The van der Waals surface area contributed by atoms with Crippen molar-refractivity contribution in [1.29, 1.82) is 0 Å². The van der Waals surface area contributed by atoms with E-state index >= 15 is 0 Å². The molecule has 0 bridgehead atoms. The van der Waals surface area contributed by atoms with Gasteiger partial charge in [0.05, 0.1) is 0 Å². The Morgan fingerprint density at radius 2 is 2.19 bits per heavy atom. The van der Waals surface area contributed by atoms with Gasteiger partial charge in [-0.15, -0.1) is 0 Å². The molecule has 1 aliphatic heterocycles. The molecule has 3 rings (SSSR count). The van der Waals surface area contributed by atoms with Crippen LogP contribution in [0.1, 0.15) is 11.1 Å². The minimum atomic E-state index is -0.240. The monoisotopic (exact) mass is 370 g/mol. The van der Waals surface area contributed by atoms with Gasteiger partial charge in [0, 0.05) is 27.9 Å². The van der Waals surface area contributed by atoms with Crippen LogP contribution in [0.2, 0.25) is 5.02 Å². The SMILES string of the molecule is Fc1ccc2c(c1)CC(COc1cccc(Cl)c1CBr)O2. The molecule has 110 valence electrons. The summed E-state index contributed by atoms with van der Waals surface area (Å²) in [6.45, 7) is 0.399. The summed E-state index contributed by atoms with van der Waals surface area (Å²) in [5, 5.41) is 1.29. The number of fused-ring (bicyclic) bond motifs is 1. The van der Waals surface area contributed by atoms with Crippen molar-refractivity contribution in [3.8, 4) is 11.5 Å². The molecule has 0 aliphatic carbocycles. The van der Waals surface area contributed by atoms with Crippen molar-refractivity contribution in [2.75, 3.05) is 6.61 Å². The van der Waals surface area contributed by atoms with Crippen LogP contribution in [-0.4, -0.2) is 12.7 Å². The van der Waals surface area contributed by atoms with Gasteiger partial charge in [-0.2, -0.15) is 0 Å². The number of benzene rings is 2. The van der Waals surface area contributed by atoms with Crippen LogP contribution < -0.4 is 9.47 Å². The standard InChI is InChI=1S/C16H13BrClFO2/c17-8-13-14(18)2-1-3-16(13)20-9-12-7-10-6-11(19)4-5-15(10)21-12/h1-6,12H,7-9H2. The highest BCUT2D eigenvalue weighted by Gasteiger charge is 2.24. The Morgan fingerprint density at radius 3 is 3.00 bits per heavy atom. The van der Waals surface area contributed by atoms with Gasteiger partial charge in [0.15, 0.2) is 0 Å². The number of halogens is 3. The molecule has 0 radical (unpaired) electrons. The maximum absolute atomic E-state index is 13.2. The van der Waals surface area contributed by atoms with Crippen molar-refractivity contribution >= 4 is 27.5 Å². The minimum absolute atomic E-state index is 0.107. The molecule has 0 fully saturated rings.